The summed E-state index contributed by atoms with van der Waals surface area (Å²) in [4.78, 5) is 4.50. The molecule has 2 aromatic rings. The van der Waals surface area contributed by atoms with Crippen LogP contribution in [0.25, 0.3) is 10.9 Å². The molecule has 2 N–H and O–H groups in total. The zero-order chi connectivity index (χ0) is 13.0. The average molecular weight is 244 g/mol. The standard InChI is InChI=1S/C15H20N2O/c1-3-16-14(8-9-18)12-6-7-15-13(10-12)5-4-11(2)17-15/h4-7,10,14,16,18H,3,8-9H2,1-2H3. The zero-order valence-electron chi connectivity index (χ0n) is 11.0. The van der Waals surface area contributed by atoms with Crippen molar-refractivity contribution in [3.8, 4) is 0 Å². The molecular weight excluding hydrogens is 224 g/mol. The first-order valence-electron chi connectivity index (χ1n) is 6.46. The Balaban J connectivity index is 2.35. The Hall–Kier alpha value is -1.45. The third-order valence-corrected chi connectivity index (χ3v) is 3.12. The molecule has 1 unspecified atom stereocenters. The van der Waals surface area contributed by atoms with E-state index in [0.717, 1.165) is 29.6 Å². The Morgan fingerprint density at radius 2 is 2.11 bits per heavy atom. The molecule has 0 radical (unpaired) electrons. The molecule has 0 bridgehead atoms. The highest BCUT2D eigenvalue weighted by molar-refractivity contribution is 5.79. The van der Waals surface area contributed by atoms with E-state index in [1.807, 2.05) is 13.0 Å². The molecule has 0 spiro atoms. The first-order chi connectivity index (χ1) is 8.74. The predicted molar refractivity (Wildman–Crippen MR) is 74.6 cm³/mol. The minimum atomic E-state index is 0.196. The molecule has 0 aliphatic rings. The number of aryl methyl sites for hydroxylation is 1. The molecule has 0 saturated heterocycles. The maximum atomic E-state index is 9.12. The maximum absolute atomic E-state index is 9.12. The Bertz CT molecular complexity index is 519. The summed E-state index contributed by atoms with van der Waals surface area (Å²) in [5, 5.41) is 13.7. The van der Waals surface area contributed by atoms with Crippen LogP contribution in [0.5, 0.6) is 0 Å². The molecule has 1 aromatic carbocycles. The molecule has 3 heteroatoms. The van der Waals surface area contributed by atoms with Gasteiger partial charge in [-0.05, 0) is 43.7 Å². The molecule has 0 amide bonds. The summed E-state index contributed by atoms with van der Waals surface area (Å²) in [6, 6.07) is 10.6. The monoisotopic (exact) mass is 244 g/mol. The lowest BCUT2D eigenvalue weighted by molar-refractivity contribution is 0.266. The van der Waals surface area contributed by atoms with Gasteiger partial charge in [-0.15, -0.1) is 0 Å². The number of benzene rings is 1. The second-order valence-electron chi connectivity index (χ2n) is 4.53. The first kappa shape index (κ1) is 13.0. The molecule has 1 heterocycles. The Morgan fingerprint density at radius 3 is 2.83 bits per heavy atom. The van der Waals surface area contributed by atoms with Crippen molar-refractivity contribution in [3.05, 3.63) is 41.6 Å². The molecule has 1 atom stereocenters. The smallest absolute Gasteiger partial charge is 0.0705 e. The normalized spacial score (nSPS) is 12.8. The maximum Gasteiger partial charge on any atom is 0.0705 e. The van der Waals surface area contributed by atoms with E-state index < -0.39 is 0 Å². The van der Waals surface area contributed by atoms with Gasteiger partial charge < -0.3 is 10.4 Å². The van der Waals surface area contributed by atoms with Crippen molar-refractivity contribution in [2.24, 2.45) is 0 Å². The van der Waals surface area contributed by atoms with Crippen LogP contribution >= 0.6 is 0 Å². The van der Waals surface area contributed by atoms with Crippen molar-refractivity contribution in [2.75, 3.05) is 13.2 Å². The number of hydrogen-bond donors (Lipinski definition) is 2. The van der Waals surface area contributed by atoms with Crippen molar-refractivity contribution >= 4 is 10.9 Å². The lowest BCUT2D eigenvalue weighted by atomic mass is 10.0. The minimum Gasteiger partial charge on any atom is -0.396 e. The molecule has 2 rings (SSSR count). The number of fused-ring (bicyclic) bond motifs is 1. The average Bonchev–Trinajstić information content (AvgIpc) is 2.38. The summed E-state index contributed by atoms with van der Waals surface area (Å²) in [6.07, 6.45) is 0.735. The molecule has 1 aromatic heterocycles. The summed E-state index contributed by atoms with van der Waals surface area (Å²) in [5.74, 6) is 0. The van der Waals surface area contributed by atoms with Gasteiger partial charge in [0, 0.05) is 23.7 Å². The zero-order valence-corrected chi connectivity index (χ0v) is 11.0. The fraction of sp³-hybridized carbons (Fsp3) is 0.400. The van der Waals surface area contributed by atoms with E-state index in [4.69, 9.17) is 5.11 Å². The van der Waals surface area contributed by atoms with E-state index in [-0.39, 0.29) is 12.6 Å². The van der Waals surface area contributed by atoms with Crippen LogP contribution in [0.4, 0.5) is 0 Å². The lowest BCUT2D eigenvalue weighted by Gasteiger charge is -2.17. The number of nitrogens with zero attached hydrogens (tertiary/aromatic N) is 1. The SMILES string of the molecule is CCNC(CCO)c1ccc2nc(C)ccc2c1. The van der Waals surface area contributed by atoms with Gasteiger partial charge in [0.05, 0.1) is 5.52 Å². The molecule has 3 nitrogen and oxygen atoms in total. The van der Waals surface area contributed by atoms with E-state index >= 15 is 0 Å². The van der Waals surface area contributed by atoms with Gasteiger partial charge in [0.25, 0.3) is 0 Å². The Labute approximate surface area is 108 Å². The van der Waals surface area contributed by atoms with Crippen LogP contribution in [-0.2, 0) is 0 Å². The number of hydrogen-bond acceptors (Lipinski definition) is 3. The van der Waals surface area contributed by atoms with Crippen LogP contribution in [0.1, 0.15) is 30.6 Å². The molecule has 0 aliphatic carbocycles. The van der Waals surface area contributed by atoms with Crippen molar-refractivity contribution in [3.63, 3.8) is 0 Å². The van der Waals surface area contributed by atoms with Gasteiger partial charge in [-0.25, -0.2) is 0 Å². The summed E-state index contributed by atoms with van der Waals surface area (Å²) in [6.45, 7) is 5.17. The Morgan fingerprint density at radius 1 is 1.28 bits per heavy atom. The van der Waals surface area contributed by atoms with Crippen molar-refractivity contribution in [2.45, 2.75) is 26.3 Å². The molecule has 0 aliphatic heterocycles. The highest BCUT2D eigenvalue weighted by atomic mass is 16.3. The van der Waals surface area contributed by atoms with Crippen LogP contribution in [0.15, 0.2) is 30.3 Å². The Kier molecular flexibility index (Phi) is 4.28. The van der Waals surface area contributed by atoms with E-state index in [0.29, 0.717) is 0 Å². The quantitative estimate of drug-likeness (QED) is 0.849. The molecule has 96 valence electrons. The van der Waals surface area contributed by atoms with Gasteiger partial charge in [0.2, 0.25) is 0 Å². The second-order valence-corrected chi connectivity index (χ2v) is 4.53. The number of rotatable bonds is 5. The number of nitrogens with one attached hydrogen (secondary N) is 1. The number of aliphatic hydroxyl groups excluding tert-OH is 1. The van der Waals surface area contributed by atoms with Crippen molar-refractivity contribution < 1.29 is 5.11 Å². The molecule has 18 heavy (non-hydrogen) atoms. The number of aliphatic hydroxyl groups is 1. The molecular formula is C15H20N2O. The van der Waals surface area contributed by atoms with E-state index in [9.17, 15) is 0 Å². The summed E-state index contributed by atoms with van der Waals surface area (Å²) < 4.78 is 0. The molecule has 0 saturated carbocycles. The van der Waals surface area contributed by atoms with Crippen LogP contribution in [0, 0.1) is 6.92 Å². The highest BCUT2D eigenvalue weighted by Gasteiger charge is 2.10. The van der Waals surface area contributed by atoms with Gasteiger partial charge in [-0.2, -0.15) is 0 Å². The number of aromatic nitrogens is 1. The van der Waals surface area contributed by atoms with Gasteiger partial charge in [0.1, 0.15) is 0 Å². The van der Waals surface area contributed by atoms with Crippen LogP contribution in [0.2, 0.25) is 0 Å². The van der Waals surface area contributed by atoms with Crippen molar-refractivity contribution in [1.29, 1.82) is 0 Å². The van der Waals surface area contributed by atoms with Crippen molar-refractivity contribution in [1.82, 2.24) is 10.3 Å². The first-order valence-corrected chi connectivity index (χ1v) is 6.46. The third kappa shape index (κ3) is 2.86. The van der Waals surface area contributed by atoms with E-state index in [1.54, 1.807) is 0 Å². The van der Waals surface area contributed by atoms with Crippen LogP contribution < -0.4 is 5.32 Å². The summed E-state index contributed by atoms with van der Waals surface area (Å²) in [5.41, 5.74) is 3.27. The second kappa shape index (κ2) is 5.94. The summed E-state index contributed by atoms with van der Waals surface area (Å²) >= 11 is 0. The van der Waals surface area contributed by atoms with Gasteiger partial charge >= 0.3 is 0 Å². The van der Waals surface area contributed by atoms with Gasteiger partial charge in [-0.1, -0.05) is 19.1 Å². The summed E-state index contributed by atoms with van der Waals surface area (Å²) in [7, 11) is 0. The third-order valence-electron chi connectivity index (χ3n) is 3.12. The predicted octanol–water partition coefficient (Wildman–Crippen LogP) is 2.58. The van der Waals surface area contributed by atoms with Crippen LogP contribution in [0.3, 0.4) is 0 Å². The van der Waals surface area contributed by atoms with E-state index in [2.05, 4.69) is 41.5 Å². The minimum absolute atomic E-state index is 0.196. The van der Waals surface area contributed by atoms with Gasteiger partial charge in [-0.3, -0.25) is 4.98 Å². The largest absolute Gasteiger partial charge is 0.396 e. The highest BCUT2D eigenvalue weighted by Crippen LogP contribution is 2.21. The fourth-order valence-corrected chi connectivity index (χ4v) is 2.22. The van der Waals surface area contributed by atoms with Crippen LogP contribution in [-0.4, -0.2) is 23.2 Å². The number of pyridine rings is 1. The molecule has 0 fully saturated rings. The van der Waals surface area contributed by atoms with E-state index in [1.165, 1.54) is 5.56 Å². The lowest BCUT2D eigenvalue weighted by Crippen LogP contribution is -2.21. The fourth-order valence-electron chi connectivity index (χ4n) is 2.22. The van der Waals surface area contributed by atoms with Gasteiger partial charge in [0.15, 0.2) is 0 Å². The topological polar surface area (TPSA) is 45.1 Å².